The van der Waals surface area contributed by atoms with Gasteiger partial charge in [-0.2, -0.15) is 0 Å². The predicted molar refractivity (Wildman–Crippen MR) is 475 cm³/mol. The lowest BCUT2D eigenvalue weighted by Crippen LogP contribution is -2.60. The zero-order valence-corrected chi connectivity index (χ0v) is 75.5. The molecule has 4 N–H and O–H groups in total. The van der Waals surface area contributed by atoms with Gasteiger partial charge in [-0.15, -0.1) is 0 Å². The fraction of sp³-hybridized carbons (Fsp3) is 0.629. The molecule has 115 heavy (non-hydrogen) atoms. The quantitative estimate of drug-likeness (QED) is 0.106. The normalized spacial score (nSPS) is 21.8. The number of hydrogen-bond donors (Lipinski definition) is 3. The van der Waals surface area contributed by atoms with E-state index in [2.05, 4.69) is 263 Å². The molecule has 9 saturated heterocycles. The number of nitrogens with zero attached hydrogens (tertiary/aromatic N) is 6. The number of hydrogen-bond acceptors (Lipinski definition) is 18. The highest BCUT2D eigenvalue weighted by atomic mass is 16.5. The molecule has 0 radical (unpaired) electrons. The SMILES string of the molecule is COc1cc(C(C)(C)C)ccc1N1CC(C)(O)C1.COc1cc(C(C)(C)C)ccc1N1CC(C)(O)C1.COc1cc(C(C)(C)C)ccc1N1CC2(CCOCC2)C1.COc1cc(C(C)(C)C)ccc1N1CC2COCC2C1.COc1cc(C(C)(C)C)ccc1N1CCC(N)C1.COc1cc(C(C)(C)C)ccc1N1CCC2(CCO2)C1. The van der Waals surface area contributed by atoms with Gasteiger partial charge in [-0.1, -0.05) is 161 Å². The van der Waals surface area contributed by atoms with E-state index in [1.165, 1.54) is 75.4 Å². The first-order chi connectivity index (χ1) is 53.7. The second kappa shape index (κ2) is 35.7. The van der Waals surface area contributed by atoms with E-state index in [0.717, 1.165) is 144 Å². The fourth-order valence-electron chi connectivity index (χ4n) is 17.0. The third-order valence-corrected chi connectivity index (χ3v) is 24.8. The number of nitrogens with two attached hydrogens (primary N) is 1. The van der Waals surface area contributed by atoms with Gasteiger partial charge in [-0.3, -0.25) is 0 Å². The first-order valence-corrected chi connectivity index (χ1v) is 42.3. The Bertz CT molecular complexity index is 4010. The van der Waals surface area contributed by atoms with Crippen molar-refractivity contribution in [3.8, 4) is 34.5 Å². The van der Waals surface area contributed by atoms with E-state index < -0.39 is 11.2 Å². The van der Waals surface area contributed by atoms with Crippen LogP contribution in [0, 0.1) is 17.3 Å². The van der Waals surface area contributed by atoms with Crippen LogP contribution in [0.1, 0.15) is 204 Å². The number of methoxy groups -OCH3 is 6. The lowest BCUT2D eigenvalue weighted by molar-refractivity contribution is -0.130. The van der Waals surface area contributed by atoms with Crippen molar-refractivity contribution in [3.63, 3.8) is 0 Å². The van der Waals surface area contributed by atoms with Crippen molar-refractivity contribution in [1.29, 1.82) is 0 Å². The van der Waals surface area contributed by atoms with Crippen LogP contribution in [0.3, 0.4) is 0 Å². The zero-order valence-electron chi connectivity index (χ0n) is 75.5. The largest absolute Gasteiger partial charge is 0.495 e. The van der Waals surface area contributed by atoms with E-state index in [1.54, 1.807) is 42.7 Å². The molecule has 636 valence electrons. The van der Waals surface area contributed by atoms with E-state index in [4.69, 9.17) is 48.4 Å². The van der Waals surface area contributed by atoms with E-state index >= 15 is 0 Å². The maximum absolute atomic E-state index is 9.81. The van der Waals surface area contributed by atoms with Crippen LogP contribution >= 0.6 is 0 Å². The molecule has 2 spiro atoms. The summed E-state index contributed by atoms with van der Waals surface area (Å²) in [6.07, 6.45) is 5.80. The maximum atomic E-state index is 9.81. The second-order valence-corrected chi connectivity index (χ2v) is 40.9. The Balaban J connectivity index is 0.000000146. The molecule has 4 unspecified atom stereocenters. The molecule has 0 amide bonds. The van der Waals surface area contributed by atoms with Gasteiger partial charge < -0.3 is 88.0 Å². The van der Waals surface area contributed by atoms with Gasteiger partial charge in [0.05, 0.1) is 113 Å². The van der Waals surface area contributed by atoms with Crippen LogP contribution in [-0.4, -0.2) is 187 Å². The smallest absolute Gasteiger partial charge is 0.142 e. The standard InChI is InChI=1S/C18H27NO2.2C17H25NO2.C15H24N2O.2C15H23NO2/c1-17(2,3)14-5-6-15(16(11-14)20-4)19-12-18(13-19)7-9-21-10-8-18;1-17(2,3)14-5-6-15(16(7-14)19-4)18-8-12-10-20-11-13(12)9-18;1-16(2,3)13-5-6-14(15(11-13)19-4)18-9-7-17(12-18)8-10-20-17;1-15(2,3)11-5-6-13(14(9-11)18-4)17-8-7-12(16)10-17;2*1-14(2,3)11-6-7-12(13(8-11)18-5)16-9-15(4,17)10-16/h5-6,11H,7-10,12-13H2,1-4H3;5-7,12-13H,8-11H2,1-4H3;5-6,11H,7-10,12H2,1-4H3;5-6,9,12H,7-8,10,16H2,1-4H3;2*6-8,17H,9-10H2,1-5H3. The summed E-state index contributed by atoms with van der Waals surface area (Å²) in [6.45, 7) is 59.4. The first kappa shape index (κ1) is 90.0. The van der Waals surface area contributed by atoms with Crippen LogP contribution in [0.15, 0.2) is 109 Å². The molecule has 6 aromatic rings. The summed E-state index contributed by atoms with van der Waals surface area (Å²) in [5, 5.41) is 19.6. The maximum Gasteiger partial charge on any atom is 0.142 e. The summed E-state index contributed by atoms with van der Waals surface area (Å²) >= 11 is 0. The molecular weight excluding hydrogens is 1440 g/mol. The number of fused-ring (bicyclic) bond motifs is 1. The molecule has 9 aliphatic rings. The van der Waals surface area contributed by atoms with Gasteiger partial charge in [0, 0.05) is 121 Å². The first-order valence-electron chi connectivity index (χ1n) is 42.3. The number of benzene rings is 6. The molecular formula is C97H147N7O11. The Morgan fingerprint density at radius 3 is 0.878 bits per heavy atom. The van der Waals surface area contributed by atoms with Gasteiger partial charge in [0.2, 0.25) is 0 Å². The van der Waals surface area contributed by atoms with E-state index in [1.807, 2.05) is 13.8 Å². The van der Waals surface area contributed by atoms with Crippen molar-refractivity contribution >= 4 is 34.1 Å². The summed E-state index contributed by atoms with van der Waals surface area (Å²) in [6, 6.07) is 39.4. The lowest BCUT2D eigenvalue weighted by Gasteiger charge is -2.53. The van der Waals surface area contributed by atoms with Crippen molar-refractivity contribution in [2.24, 2.45) is 23.0 Å². The third kappa shape index (κ3) is 22.4. The summed E-state index contributed by atoms with van der Waals surface area (Å²) in [4.78, 5) is 13.9. The van der Waals surface area contributed by atoms with Crippen LogP contribution in [0.4, 0.5) is 34.1 Å². The number of aliphatic hydroxyl groups is 2. The topological polar surface area (TPSA) is 169 Å². The predicted octanol–water partition coefficient (Wildman–Crippen LogP) is 17.7. The van der Waals surface area contributed by atoms with Gasteiger partial charge in [-0.05, 0) is 178 Å². The Labute approximate surface area is 692 Å². The summed E-state index contributed by atoms with van der Waals surface area (Å²) < 4.78 is 50.3. The van der Waals surface area contributed by atoms with Crippen LogP contribution in [0.25, 0.3) is 0 Å². The van der Waals surface area contributed by atoms with Crippen molar-refractivity contribution < 1.29 is 52.8 Å². The minimum atomic E-state index is -0.562. The molecule has 6 aromatic carbocycles. The number of β-amino-alcohol motifs (C(OH)–C–C–N with tert-alkyl or cyclic N) is 2. The molecule has 0 aromatic heterocycles. The second-order valence-electron chi connectivity index (χ2n) is 40.9. The minimum absolute atomic E-state index is 0.117. The highest BCUT2D eigenvalue weighted by Gasteiger charge is 2.47. The molecule has 9 aliphatic heterocycles. The van der Waals surface area contributed by atoms with Crippen LogP contribution in [0.5, 0.6) is 34.5 Å². The van der Waals surface area contributed by atoms with Crippen molar-refractivity contribution in [1.82, 2.24) is 0 Å². The Morgan fingerprint density at radius 2 is 0.626 bits per heavy atom. The molecule has 0 saturated carbocycles. The molecule has 0 bridgehead atoms. The van der Waals surface area contributed by atoms with E-state index in [0.29, 0.717) is 43.4 Å². The molecule has 9 heterocycles. The fourth-order valence-corrected chi connectivity index (χ4v) is 17.0. The number of ether oxygens (including phenoxy) is 9. The molecule has 18 nitrogen and oxygen atoms in total. The monoisotopic (exact) mass is 1590 g/mol. The van der Waals surface area contributed by atoms with Crippen LogP contribution < -0.4 is 63.6 Å². The van der Waals surface area contributed by atoms with Crippen LogP contribution in [-0.2, 0) is 46.7 Å². The van der Waals surface area contributed by atoms with Crippen molar-refractivity contribution in [3.05, 3.63) is 143 Å². The van der Waals surface area contributed by atoms with Gasteiger partial charge in [0.1, 0.15) is 34.5 Å². The highest BCUT2D eigenvalue weighted by molar-refractivity contribution is 5.67. The Morgan fingerprint density at radius 1 is 0.339 bits per heavy atom. The van der Waals surface area contributed by atoms with Gasteiger partial charge >= 0.3 is 0 Å². The molecule has 4 atom stereocenters. The molecule has 18 heteroatoms. The molecule has 0 aliphatic carbocycles. The van der Waals surface area contributed by atoms with Crippen LogP contribution in [0.2, 0.25) is 0 Å². The van der Waals surface area contributed by atoms with Crippen molar-refractivity contribution in [2.45, 2.75) is 226 Å². The van der Waals surface area contributed by atoms with Gasteiger partial charge in [0.25, 0.3) is 0 Å². The zero-order chi connectivity index (χ0) is 84.2. The van der Waals surface area contributed by atoms with Crippen molar-refractivity contribution in [2.75, 3.05) is 184 Å². The molecule has 15 rings (SSSR count). The lowest BCUT2D eigenvalue weighted by atomic mass is 9.73. The van der Waals surface area contributed by atoms with E-state index in [9.17, 15) is 10.2 Å². The summed E-state index contributed by atoms with van der Waals surface area (Å²) in [7, 11) is 10.4. The summed E-state index contributed by atoms with van der Waals surface area (Å²) in [5.74, 6) is 7.10. The Hall–Kier alpha value is -7.32. The molecule has 9 fully saturated rings. The number of rotatable bonds is 12. The minimum Gasteiger partial charge on any atom is -0.495 e. The summed E-state index contributed by atoms with van der Waals surface area (Å²) in [5.41, 5.74) is 21.1. The average molecular weight is 1590 g/mol. The highest BCUT2D eigenvalue weighted by Crippen LogP contribution is 2.48. The number of anilines is 6. The van der Waals surface area contributed by atoms with Gasteiger partial charge in [0.15, 0.2) is 0 Å². The third-order valence-electron chi connectivity index (χ3n) is 24.8. The van der Waals surface area contributed by atoms with Gasteiger partial charge in [-0.25, -0.2) is 0 Å². The average Bonchev–Trinajstić information content (AvgIpc) is 1.77. The van der Waals surface area contributed by atoms with E-state index in [-0.39, 0.29) is 44.1 Å². The Kier molecular flexibility index (Phi) is 27.9.